The number of amides is 1. The van der Waals surface area contributed by atoms with Gasteiger partial charge in [-0.3, -0.25) is 9.10 Å². The van der Waals surface area contributed by atoms with Crippen molar-refractivity contribution >= 4 is 33.0 Å². The molecule has 2 aromatic rings. The Labute approximate surface area is 191 Å². The normalized spacial score (nSPS) is 14.1. The third kappa shape index (κ3) is 6.63. The second-order valence-corrected chi connectivity index (χ2v) is 9.89. The Morgan fingerprint density at radius 1 is 1.06 bits per heavy atom. The fraction of sp³-hybridized carbons (Fsp3) is 0.458. The summed E-state index contributed by atoms with van der Waals surface area (Å²) in [6.07, 6.45) is 5.51. The van der Waals surface area contributed by atoms with E-state index in [4.69, 9.17) is 4.74 Å². The third-order valence-electron chi connectivity index (χ3n) is 5.47. The van der Waals surface area contributed by atoms with E-state index in [0.29, 0.717) is 24.5 Å². The quantitative estimate of drug-likeness (QED) is 0.574. The number of para-hydroxylation sites is 2. The molecule has 2 aromatic carbocycles. The smallest absolute Gasteiger partial charge is 0.232 e. The number of hydrogen-bond acceptors (Lipinski definition) is 5. The average Bonchev–Trinajstić information content (AvgIpc) is 2.78. The van der Waals surface area contributed by atoms with Gasteiger partial charge in [0.1, 0.15) is 5.75 Å². The van der Waals surface area contributed by atoms with Crippen LogP contribution in [-0.4, -0.2) is 46.8 Å². The van der Waals surface area contributed by atoms with Crippen molar-refractivity contribution in [1.29, 1.82) is 0 Å². The Hall–Kier alpha value is -2.74. The van der Waals surface area contributed by atoms with E-state index in [0.717, 1.165) is 18.8 Å². The minimum absolute atomic E-state index is 0.137. The summed E-state index contributed by atoms with van der Waals surface area (Å²) in [5.74, 6) is 0.376. The summed E-state index contributed by atoms with van der Waals surface area (Å²) in [5.41, 5.74) is 2.42. The van der Waals surface area contributed by atoms with Gasteiger partial charge >= 0.3 is 0 Å². The van der Waals surface area contributed by atoms with Crippen LogP contribution in [0, 0.1) is 0 Å². The van der Waals surface area contributed by atoms with Gasteiger partial charge in [-0.2, -0.15) is 0 Å². The first kappa shape index (κ1) is 23.9. The molecule has 174 valence electrons. The summed E-state index contributed by atoms with van der Waals surface area (Å²) < 4.78 is 31.7. The second kappa shape index (κ2) is 11.2. The summed E-state index contributed by atoms with van der Waals surface area (Å²) in [5, 5.41) is 2.91. The molecule has 0 atom stereocenters. The molecule has 0 bridgehead atoms. The molecular weight excluding hydrogens is 426 g/mol. The van der Waals surface area contributed by atoms with Crippen LogP contribution in [-0.2, 0) is 14.8 Å². The van der Waals surface area contributed by atoms with E-state index in [1.807, 2.05) is 31.2 Å². The maximum absolute atomic E-state index is 12.4. The Balaban J connectivity index is 1.55. The molecule has 0 spiro atoms. The molecule has 0 aromatic heterocycles. The number of carbonyl (C=O) groups is 1. The first-order valence-corrected chi connectivity index (χ1v) is 13.1. The number of ether oxygens (including phenoxy) is 1. The molecule has 1 aliphatic heterocycles. The minimum atomic E-state index is -3.51. The van der Waals surface area contributed by atoms with Crippen LogP contribution < -0.4 is 19.3 Å². The number of rotatable bonds is 10. The van der Waals surface area contributed by atoms with Crippen LogP contribution in [0.25, 0.3) is 0 Å². The molecule has 7 nitrogen and oxygen atoms in total. The number of hydrogen-bond donors (Lipinski definition) is 1. The van der Waals surface area contributed by atoms with Crippen molar-refractivity contribution < 1.29 is 17.9 Å². The molecular formula is C24H33N3O4S. The highest BCUT2D eigenvalue weighted by molar-refractivity contribution is 7.92. The molecule has 1 aliphatic rings. The highest BCUT2D eigenvalue weighted by Gasteiger charge is 2.21. The van der Waals surface area contributed by atoms with E-state index in [9.17, 15) is 13.2 Å². The van der Waals surface area contributed by atoms with Crippen LogP contribution in [0.2, 0.25) is 0 Å². The predicted octanol–water partition coefficient (Wildman–Crippen LogP) is 4.26. The molecule has 0 radical (unpaired) electrons. The van der Waals surface area contributed by atoms with Crippen LogP contribution in [0.5, 0.6) is 5.75 Å². The van der Waals surface area contributed by atoms with E-state index in [1.54, 1.807) is 24.3 Å². The van der Waals surface area contributed by atoms with Crippen molar-refractivity contribution in [2.75, 3.05) is 47.0 Å². The first-order chi connectivity index (χ1) is 15.4. The number of benzene rings is 2. The number of carbonyl (C=O) groups excluding carboxylic acids is 1. The monoisotopic (exact) mass is 459 g/mol. The zero-order valence-corrected chi connectivity index (χ0v) is 19.7. The predicted molar refractivity (Wildman–Crippen MR) is 130 cm³/mol. The summed E-state index contributed by atoms with van der Waals surface area (Å²) in [4.78, 5) is 14.8. The van der Waals surface area contributed by atoms with Crippen molar-refractivity contribution in [1.82, 2.24) is 0 Å². The SMILES string of the molecule is CCOc1ccccc1N(CCCC(=O)Nc1ccc(N2CCCCC2)cc1)S(C)(=O)=O. The van der Waals surface area contributed by atoms with E-state index >= 15 is 0 Å². The van der Waals surface area contributed by atoms with Gasteiger partial charge in [0, 0.05) is 37.4 Å². The number of anilines is 3. The summed E-state index contributed by atoms with van der Waals surface area (Å²) in [6.45, 7) is 4.65. The molecule has 32 heavy (non-hydrogen) atoms. The molecule has 8 heteroatoms. The van der Waals surface area contributed by atoms with Gasteiger partial charge in [0.05, 0.1) is 18.6 Å². The first-order valence-electron chi connectivity index (χ1n) is 11.2. The largest absolute Gasteiger partial charge is 0.492 e. The number of piperidine rings is 1. The van der Waals surface area contributed by atoms with Gasteiger partial charge in [-0.05, 0) is 69.0 Å². The molecule has 3 rings (SSSR count). The maximum atomic E-state index is 12.4. The van der Waals surface area contributed by atoms with Gasteiger partial charge < -0.3 is 15.0 Å². The van der Waals surface area contributed by atoms with Crippen molar-refractivity contribution in [3.8, 4) is 5.75 Å². The lowest BCUT2D eigenvalue weighted by Gasteiger charge is -2.28. The zero-order valence-electron chi connectivity index (χ0n) is 18.9. The van der Waals surface area contributed by atoms with Crippen molar-refractivity contribution in [2.24, 2.45) is 0 Å². The standard InChI is InChI=1S/C24H33N3O4S/c1-3-31-23-11-6-5-10-22(23)27(32(2,29)30)19-9-12-24(28)25-20-13-15-21(16-14-20)26-17-7-4-8-18-26/h5-6,10-11,13-16H,3-4,7-9,12,17-19H2,1-2H3,(H,25,28). The highest BCUT2D eigenvalue weighted by Crippen LogP contribution is 2.30. The third-order valence-corrected chi connectivity index (χ3v) is 6.65. The number of sulfonamides is 1. The van der Waals surface area contributed by atoms with Crippen molar-refractivity contribution in [3.63, 3.8) is 0 Å². The lowest BCUT2D eigenvalue weighted by atomic mass is 10.1. The van der Waals surface area contributed by atoms with Crippen LogP contribution in [0.1, 0.15) is 39.0 Å². The van der Waals surface area contributed by atoms with Crippen LogP contribution in [0.3, 0.4) is 0 Å². The number of nitrogens with one attached hydrogen (secondary N) is 1. The van der Waals surface area contributed by atoms with Gasteiger partial charge in [0.2, 0.25) is 15.9 Å². The maximum Gasteiger partial charge on any atom is 0.232 e. The van der Waals surface area contributed by atoms with Gasteiger partial charge in [-0.15, -0.1) is 0 Å². The van der Waals surface area contributed by atoms with Crippen LogP contribution in [0.15, 0.2) is 48.5 Å². The second-order valence-electron chi connectivity index (χ2n) is 7.98. The van der Waals surface area contributed by atoms with E-state index in [1.165, 1.54) is 35.5 Å². The van der Waals surface area contributed by atoms with Gasteiger partial charge in [0.25, 0.3) is 0 Å². The van der Waals surface area contributed by atoms with Gasteiger partial charge in [0.15, 0.2) is 0 Å². The molecule has 1 N–H and O–H groups in total. The van der Waals surface area contributed by atoms with E-state index in [2.05, 4.69) is 10.2 Å². The number of nitrogens with zero attached hydrogens (tertiary/aromatic N) is 2. The summed E-state index contributed by atoms with van der Waals surface area (Å²) in [6, 6.07) is 15.0. The summed E-state index contributed by atoms with van der Waals surface area (Å²) >= 11 is 0. The lowest BCUT2D eigenvalue weighted by Crippen LogP contribution is -2.32. The molecule has 1 amide bonds. The van der Waals surface area contributed by atoms with Crippen LogP contribution in [0.4, 0.5) is 17.1 Å². The Morgan fingerprint density at radius 3 is 2.41 bits per heavy atom. The van der Waals surface area contributed by atoms with Gasteiger partial charge in [-0.1, -0.05) is 12.1 Å². The zero-order chi connectivity index (χ0) is 23.0. The molecule has 1 saturated heterocycles. The molecule has 0 saturated carbocycles. The minimum Gasteiger partial charge on any atom is -0.492 e. The molecule has 1 heterocycles. The Morgan fingerprint density at radius 2 is 1.75 bits per heavy atom. The van der Waals surface area contributed by atoms with Crippen molar-refractivity contribution in [2.45, 2.75) is 39.0 Å². The van der Waals surface area contributed by atoms with Crippen LogP contribution >= 0.6 is 0 Å². The molecule has 0 unspecified atom stereocenters. The van der Waals surface area contributed by atoms with Crippen molar-refractivity contribution in [3.05, 3.63) is 48.5 Å². The topological polar surface area (TPSA) is 79.0 Å². The van der Waals surface area contributed by atoms with E-state index in [-0.39, 0.29) is 18.9 Å². The fourth-order valence-corrected chi connectivity index (χ4v) is 4.89. The highest BCUT2D eigenvalue weighted by atomic mass is 32.2. The summed E-state index contributed by atoms with van der Waals surface area (Å²) in [7, 11) is -3.51. The molecule has 1 fully saturated rings. The van der Waals surface area contributed by atoms with E-state index < -0.39 is 10.0 Å². The fourth-order valence-electron chi connectivity index (χ4n) is 3.92. The average molecular weight is 460 g/mol. The molecule has 0 aliphatic carbocycles. The Bertz CT molecular complexity index is 987. The van der Waals surface area contributed by atoms with Gasteiger partial charge in [-0.25, -0.2) is 8.42 Å². The lowest BCUT2D eigenvalue weighted by molar-refractivity contribution is -0.116. The Kier molecular flexibility index (Phi) is 8.39.